The lowest BCUT2D eigenvalue weighted by molar-refractivity contribution is -0.208. The molecule has 1 aliphatic heterocycles. The maximum absolute atomic E-state index is 13.8. The fourth-order valence-electron chi connectivity index (χ4n) is 4.69. The van der Waals surface area contributed by atoms with Crippen LogP contribution in [0.5, 0.6) is 0 Å². The SMILES string of the molecule is COCOC1CC23OC(C)(C)OC2C(O[Si](C)(C)C(C)(C)C)C(=O)C1C3OCOC. The van der Waals surface area contributed by atoms with Gasteiger partial charge in [-0.25, -0.2) is 0 Å². The number of ketones is 1. The van der Waals surface area contributed by atoms with Crippen molar-refractivity contribution in [1.29, 1.82) is 0 Å². The van der Waals surface area contributed by atoms with Crippen LogP contribution in [0.3, 0.4) is 0 Å². The second kappa shape index (κ2) is 8.19. The molecule has 2 aliphatic carbocycles. The second-order valence-electron chi connectivity index (χ2n) is 10.5. The van der Waals surface area contributed by atoms with Crippen molar-refractivity contribution in [2.45, 2.75) is 95.0 Å². The number of hydrogen-bond acceptors (Lipinski definition) is 8. The molecule has 3 fully saturated rings. The van der Waals surface area contributed by atoms with E-state index in [0.717, 1.165) is 0 Å². The number of carbonyl (C=O) groups is 1. The molecule has 174 valence electrons. The van der Waals surface area contributed by atoms with Gasteiger partial charge >= 0.3 is 0 Å². The highest BCUT2D eigenvalue weighted by molar-refractivity contribution is 6.74. The van der Waals surface area contributed by atoms with Crippen molar-refractivity contribution < 1.29 is 37.6 Å². The first-order valence-electron chi connectivity index (χ1n) is 10.6. The highest BCUT2D eigenvalue weighted by Gasteiger charge is 2.74. The Labute approximate surface area is 180 Å². The standard InChI is InChI=1S/C21H38O8Si/c1-19(2,3)30(8,9)28-16-15(22)14-13(25-11-23-6)10-21(17(14)26-12-24-7)18(16)27-20(4,5)29-21/h13-14,16-18H,10-12H2,1-9H3. The molecular formula is C21H38O8Si. The van der Waals surface area contributed by atoms with E-state index in [2.05, 4.69) is 33.9 Å². The van der Waals surface area contributed by atoms with Gasteiger partial charge in [0.2, 0.25) is 0 Å². The lowest BCUT2D eigenvalue weighted by Crippen LogP contribution is -2.65. The van der Waals surface area contributed by atoms with E-state index in [1.165, 1.54) is 0 Å². The summed E-state index contributed by atoms with van der Waals surface area (Å²) in [6.45, 7) is 14.6. The minimum Gasteiger partial charge on any atom is -0.404 e. The Kier molecular flexibility index (Phi) is 6.62. The molecule has 1 heterocycles. The summed E-state index contributed by atoms with van der Waals surface area (Å²) in [5, 5.41) is -0.0518. The lowest BCUT2D eigenvalue weighted by Gasteiger charge is -2.46. The average molecular weight is 447 g/mol. The predicted octanol–water partition coefficient (Wildman–Crippen LogP) is 2.85. The molecule has 0 amide bonds. The highest BCUT2D eigenvalue weighted by atomic mass is 28.4. The number of methoxy groups -OCH3 is 2. The van der Waals surface area contributed by atoms with E-state index in [1.54, 1.807) is 14.2 Å². The van der Waals surface area contributed by atoms with Gasteiger partial charge in [-0.15, -0.1) is 0 Å². The highest BCUT2D eigenvalue weighted by Crippen LogP contribution is 2.57. The van der Waals surface area contributed by atoms with Gasteiger partial charge in [0.25, 0.3) is 0 Å². The van der Waals surface area contributed by atoms with Crippen molar-refractivity contribution in [3.63, 3.8) is 0 Å². The van der Waals surface area contributed by atoms with E-state index in [1.807, 2.05) is 13.8 Å². The second-order valence-corrected chi connectivity index (χ2v) is 15.3. The predicted molar refractivity (Wildman–Crippen MR) is 111 cm³/mol. The molecule has 0 N–H and O–H groups in total. The minimum absolute atomic E-state index is 0.0518. The Hall–Kier alpha value is -0.393. The third kappa shape index (κ3) is 4.03. The van der Waals surface area contributed by atoms with Crippen LogP contribution in [0, 0.1) is 5.92 Å². The topological polar surface area (TPSA) is 81.7 Å². The van der Waals surface area contributed by atoms with E-state index < -0.39 is 50.0 Å². The minimum atomic E-state index is -2.26. The monoisotopic (exact) mass is 446 g/mol. The first kappa shape index (κ1) is 24.3. The normalized spacial score (nSPS) is 38.2. The van der Waals surface area contributed by atoms with Gasteiger partial charge in [-0.1, -0.05) is 20.8 Å². The van der Waals surface area contributed by atoms with Crippen molar-refractivity contribution in [2.75, 3.05) is 27.8 Å². The number of Topliss-reactive ketones (excluding diaryl/α,β-unsaturated/α-hetero) is 1. The zero-order valence-corrected chi connectivity index (χ0v) is 20.8. The molecule has 2 bridgehead atoms. The summed E-state index contributed by atoms with van der Waals surface area (Å²) < 4.78 is 41.7. The summed E-state index contributed by atoms with van der Waals surface area (Å²) in [6.07, 6.45) is -1.79. The van der Waals surface area contributed by atoms with E-state index in [4.69, 9.17) is 32.8 Å². The molecule has 9 heteroatoms. The number of hydrogen-bond donors (Lipinski definition) is 0. The maximum Gasteiger partial charge on any atom is 0.193 e. The molecule has 0 radical (unpaired) electrons. The summed E-state index contributed by atoms with van der Waals surface area (Å²) in [4.78, 5) is 13.8. The summed E-state index contributed by atoms with van der Waals surface area (Å²) in [5.74, 6) is -1.47. The molecule has 1 spiro atoms. The van der Waals surface area contributed by atoms with Crippen LogP contribution in [0.15, 0.2) is 0 Å². The Bertz CT molecular complexity index is 645. The molecule has 6 atom stereocenters. The molecule has 0 aromatic heterocycles. The van der Waals surface area contributed by atoms with Crippen molar-refractivity contribution in [3.8, 4) is 0 Å². The number of fused-ring (bicyclic) bond motifs is 1. The fourth-order valence-corrected chi connectivity index (χ4v) is 5.92. The van der Waals surface area contributed by atoms with E-state index in [-0.39, 0.29) is 24.4 Å². The summed E-state index contributed by atoms with van der Waals surface area (Å²) in [6, 6.07) is 0. The van der Waals surface area contributed by atoms with Crippen LogP contribution in [0.2, 0.25) is 18.1 Å². The molecule has 1 saturated heterocycles. The largest absolute Gasteiger partial charge is 0.404 e. The first-order valence-corrected chi connectivity index (χ1v) is 13.5. The number of ether oxygens (including phenoxy) is 6. The van der Waals surface area contributed by atoms with Crippen LogP contribution < -0.4 is 0 Å². The van der Waals surface area contributed by atoms with Crippen LogP contribution in [0.1, 0.15) is 41.0 Å². The molecule has 30 heavy (non-hydrogen) atoms. The van der Waals surface area contributed by atoms with Crippen molar-refractivity contribution in [2.24, 2.45) is 5.92 Å². The van der Waals surface area contributed by atoms with Crippen LogP contribution in [-0.4, -0.2) is 77.7 Å². The molecule has 2 saturated carbocycles. The van der Waals surface area contributed by atoms with Gasteiger partial charge in [0.1, 0.15) is 37.5 Å². The molecule has 6 unspecified atom stereocenters. The van der Waals surface area contributed by atoms with Gasteiger partial charge in [-0.2, -0.15) is 0 Å². The zero-order valence-electron chi connectivity index (χ0n) is 19.8. The maximum atomic E-state index is 13.8. The third-order valence-electron chi connectivity index (χ3n) is 6.93. The van der Waals surface area contributed by atoms with Crippen LogP contribution in [-0.2, 0) is 37.6 Å². The molecule has 0 aromatic rings. The molecule has 0 aromatic carbocycles. The average Bonchev–Trinajstić information content (AvgIpc) is 3.04. The van der Waals surface area contributed by atoms with Crippen LogP contribution in [0.4, 0.5) is 0 Å². The smallest absolute Gasteiger partial charge is 0.193 e. The summed E-state index contributed by atoms with van der Waals surface area (Å²) in [7, 11) is 0.858. The lowest BCUT2D eigenvalue weighted by atomic mass is 9.77. The molecule has 3 rings (SSSR count). The van der Waals surface area contributed by atoms with Gasteiger partial charge in [0.15, 0.2) is 19.9 Å². The summed E-state index contributed by atoms with van der Waals surface area (Å²) >= 11 is 0. The van der Waals surface area contributed by atoms with Crippen LogP contribution in [0.25, 0.3) is 0 Å². The van der Waals surface area contributed by atoms with E-state index >= 15 is 0 Å². The van der Waals surface area contributed by atoms with Gasteiger partial charge in [0.05, 0.1) is 12.0 Å². The van der Waals surface area contributed by atoms with Gasteiger partial charge in [-0.05, 0) is 32.0 Å². The van der Waals surface area contributed by atoms with Crippen molar-refractivity contribution in [1.82, 2.24) is 0 Å². The quantitative estimate of drug-likeness (QED) is 0.416. The Morgan fingerprint density at radius 3 is 2.27 bits per heavy atom. The Morgan fingerprint density at radius 2 is 1.70 bits per heavy atom. The van der Waals surface area contributed by atoms with E-state index in [9.17, 15) is 4.79 Å². The van der Waals surface area contributed by atoms with Crippen LogP contribution >= 0.6 is 0 Å². The molecular weight excluding hydrogens is 408 g/mol. The number of carbonyl (C=O) groups excluding carboxylic acids is 1. The van der Waals surface area contributed by atoms with Gasteiger partial charge < -0.3 is 32.8 Å². The Balaban J connectivity index is 2.02. The van der Waals surface area contributed by atoms with Crippen molar-refractivity contribution >= 4 is 14.1 Å². The van der Waals surface area contributed by atoms with Gasteiger partial charge in [-0.3, -0.25) is 4.79 Å². The molecule has 8 nitrogen and oxygen atoms in total. The zero-order chi connectivity index (χ0) is 22.5. The van der Waals surface area contributed by atoms with Gasteiger partial charge in [0, 0.05) is 20.6 Å². The first-order chi connectivity index (χ1) is 13.8. The molecule has 3 aliphatic rings. The van der Waals surface area contributed by atoms with E-state index in [0.29, 0.717) is 6.42 Å². The third-order valence-corrected chi connectivity index (χ3v) is 11.4. The fraction of sp³-hybridized carbons (Fsp3) is 0.952. The van der Waals surface area contributed by atoms with Crippen molar-refractivity contribution in [3.05, 3.63) is 0 Å². The summed E-state index contributed by atoms with van der Waals surface area (Å²) in [5.41, 5.74) is -0.855. The Morgan fingerprint density at radius 1 is 1.10 bits per heavy atom. The number of rotatable bonds is 8.